The number of alkyl halides is 3. The first-order valence-corrected chi connectivity index (χ1v) is 10.00. The summed E-state index contributed by atoms with van der Waals surface area (Å²) < 4.78 is 43.6. The maximum Gasteiger partial charge on any atom is 0.410 e. The maximum atomic E-state index is 13.6. The van der Waals surface area contributed by atoms with Crippen molar-refractivity contribution in [3.05, 3.63) is 29.7 Å². The summed E-state index contributed by atoms with van der Waals surface area (Å²) in [7, 11) is 1.74. The van der Waals surface area contributed by atoms with Crippen LogP contribution in [0.25, 0.3) is 0 Å². The number of rotatable bonds is 3. The first-order chi connectivity index (χ1) is 13.8. The summed E-state index contributed by atoms with van der Waals surface area (Å²) >= 11 is 0. The van der Waals surface area contributed by atoms with Crippen LogP contribution in [0.4, 0.5) is 19.0 Å². The summed E-state index contributed by atoms with van der Waals surface area (Å²) in [5.41, 5.74) is 0.983. The number of halogens is 3. The third-order valence-corrected chi connectivity index (χ3v) is 5.84. The van der Waals surface area contributed by atoms with Gasteiger partial charge in [0, 0.05) is 31.9 Å². The van der Waals surface area contributed by atoms with Crippen molar-refractivity contribution >= 4 is 11.7 Å². The lowest BCUT2D eigenvalue weighted by molar-refractivity contribution is -0.173. The van der Waals surface area contributed by atoms with Crippen molar-refractivity contribution in [3.63, 3.8) is 0 Å². The zero-order chi connectivity index (χ0) is 20.8. The summed E-state index contributed by atoms with van der Waals surface area (Å²) in [5, 5.41) is 11.6. The number of nitrogens with one attached hydrogen (secondary N) is 1. The summed E-state index contributed by atoms with van der Waals surface area (Å²) in [4.78, 5) is 14.7. The van der Waals surface area contributed by atoms with Gasteiger partial charge in [-0.15, -0.1) is 0 Å². The van der Waals surface area contributed by atoms with Crippen LogP contribution in [0.3, 0.4) is 0 Å². The molecule has 158 valence electrons. The van der Waals surface area contributed by atoms with Gasteiger partial charge in [0.2, 0.25) is 0 Å². The quantitative estimate of drug-likeness (QED) is 0.838. The van der Waals surface area contributed by atoms with Gasteiger partial charge in [-0.3, -0.25) is 9.48 Å². The van der Waals surface area contributed by atoms with Gasteiger partial charge in [0.1, 0.15) is 5.82 Å². The van der Waals surface area contributed by atoms with Gasteiger partial charge in [-0.25, -0.2) is 4.68 Å². The van der Waals surface area contributed by atoms with Crippen LogP contribution in [0.1, 0.15) is 67.2 Å². The van der Waals surface area contributed by atoms with Crippen molar-refractivity contribution in [1.82, 2.24) is 24.5 Å². The fraction of sp³-hybridized carbons (Fsp3) is 0.632. The molecule has 0 unspecified atom stereocenters. The summed E-state index contributed by atoms with van der Waals surface area (Å²) in [6, 6.07) is -0.563. The van der Waals surface area contributed by atoms with E-state index in [2.05, 4.69) is 15.5 Å². The van der Waals surface area contributed by atoms with Crippen molar-refractivity contribution in [2.45, 2.75) is 63.3 Å². The van der Waals surface area contributed by atoms with Crippen LogP contribution in [0.2, 0.25) is 0 Å². The number of aryl methyl sites for hydroxylation is 1. The highest BCUT2D eigenvalue weighted by Crippen LogP contribution is 2.42. The van der Waals surface area contributed by atoms with Crippen LogP contribution >= 0.6 is 0 Å². The van der Waals surface area contributed by atoms with Gasteiger partial charge in [-0.2, -0.15) is 23.4 Å². The average Bonchev–Trinajstić information content (AvgIpc) is 3.31. The largest absolute Gasteiger partial charge is 0.410 e. The van der Waals surface area contributed by atoms with Gasteiger partial charge >= 0.3 is 6.18 Å². The van der Waals surface area contributed by atoms with E-state index in [0.29, 0.717) is 36.5 Å². The molecule has 2 aromatic heterocycles. The fourth-order valence-electron chi connectivity index (χ4n) is 4.28. The van der Waals surface area contributed by atoms with Crippen LogP contribution in [0.15, 0.2) is 18.5 Å². The van der Waals surface area contributed by atoms with Crippen LogP contribution in [-0.4, -0.2) is 49.1 Å². The second-order valence-electron chi connectivity index (χ2n) is 7.85. The maximum absolute atomic E-state index is 13.6. The Hall–Kier alpha value is -2.52. The Morgan fingerprint density at radius 2 is 2.14 bits per heavy atom. The second-order valence-corrected chi connectivity index (χ2v) is 7.85. The minimum atomic E-state index is -4.37. The van der Waals surface area contributed by atoms with E-state index in [4.69, 9.17) is 0 Å². The van der Waals surface area contributed by atoms with Gasteiger partial charge in [-0.05, 0) is 32.1 Å². The lowest BCUT2D eigenvalue weighted by Gasteiger charge is -2.34. The van der Waals surface area contributed by atoms with Gasteiger partial charge in [0.25, 0.3) is 5.91 Å². The minimum Gasteiger partial charge on any atom is -0.367 e. The first-order valence-electron chi connectivity index (χ1n) is 10.00. The topological polar surface area (TPSA) is 68.0 Å². The molecule has 4 heterocycles. The van der Waals surface area contributed by atoms with Gasteiger partial charge in [0.15, 0.2) is 6.04 Å². The fourth-order valence-corrected chi connectivity index (χ4v) is 4.28. The smallest absolute Gasteiger partial charge is 0.367 e. The molecule has 1 N–H and O–H groups in total. The molecule has 1 amide bonds. The van der Waals surface area contributed by atoms with Crippen LogP contribution in [-0.2, 0) is 7.05 Å². The number of hydrogen-bond acceptors (Lipinski definition) is 4. The standard InChI is InChI=1S/C19H25F3N6O/c1-3-13-8-16(19(20,21)22)28-17(24-13)9-14(25-28)15-6-4-5-7-27(15)18(29)12-10-23-26(2)11-12/h9-11,13,15-16,24H,3-8H2,1-2H3/t13-,15+,16-/m1/s1. The molecule has 0 bridgehead atoms. The molecule has 0 saturated carbocycles. The number of aromatic nitrogens is 4. The number of carbonyl (C=O) groups is 1. The Morgan fingerprint density at radius 3 is 2.79 bits per heavy atom. The molecule has 2 aliphatic heterocycles. The summed E-state index contributed by atoms with van der Waals surface area (Å²) in [5.74, 6) is 0.209. The monoisotopic (exact) mass is 410 g/mol. The molecule has 2 aliphatic rings. The van der Waals surface area contributed by atoms with Gasteiger partial charge < -0.3 is 10.2 Å². The molecule has 29 heavy (non-hydrogen) atoms. The Bertz CT molecular complexity index is 889. The summed E-state index contributed by atoms with van der Waals surface area (Å²) in [6.07, 6.45) is 1.79. The molecule has 0 aliphatic carbocycles. The summed E-state index contributed by atoms with van der Waals surface area (Å²) in [6.45, 7) is 2.42. The molecule has 1 fully saturated rings. The van der Waals surface area contributed by atoms with E-state index < -0.39 is 12.2 Å². The number of hydrogen-bond donors (Lipinski definition) is 1. The molecule has 0 spiro atoms. The van der Waals surface area contributed by atoms with E-state index in [-0.39, 0.29) is 24.4 Å². The highest BCUT2D eigenvalue weighted by atomic mass is 19.4. The lowest BCUT2D eigenvalue weighted by Crippen LogP contribution is -2.39. The first kappa shape index (κ1) is 19.8. The Labute approximate surface area is 166 Å². The van der Waals surface area contributed by atoms with E-state index in [1.54, 1.807) is 28.9 Å². The Kier molecular flexibility index (Phi) is 5.04. The predicted octanol–water partition coefficient (Wildman–Crippen LogP) is 3.68. The molecule has 2 aromatic rings. The van der Waals surface area contributed by atoms with Gasteiger partial charge in [-0.1, -0.05) is 6.92 Å². The normalized spacial score (nSPS) is 24.9. The van der Waals surface area contributed by atoms with E-state index in [0.717, 1.165) is 17.5 Å². The number of anilines is 1. The number of amides is 1. The number of nitrogens with zero attached hydrogens (tertiary/aromatic N) is 5. The number of likely N-dealkylation sites (tertiary alicyclic amines) is 1. The van der Waals surface area contributed by atoms with Crippen molar-refractivity contribution in [3.8, 4) is 0 Å². The minimum absolute atomic E-state index is 0.0445. The number of carbonyl (C=O) groups excluding carboxylic acids is 1. The Morgan fingerprint density at radius 1 is 1.34 bits per heavy atom. The highest BCUT2D eigenvalue weighted by Gasteiger charge is 2.46. The lowest BCUT2D eigenvalue weighted by atomic mass is 9.98. The zero-order valence-electron chi connectivity index (χ0n) is 16.5. The van der Waals surface area contributed by atoms with Crippen molar-refractivity contribution in [1.29, 1.82) is 0 Å². The molecule has 10 heteroatoms. The predicted molar refractivity (Wildman–Crippen MR) is 100 cm³/mol. The third kappa shape index (κ3) is 3.72. The van der Waals surface area contributed by atoms with E-state index in [1.807, 2.05) is 6.92 Å². The molecule has 0 aromatic carbocycles. The van der Waals surface area contributed by atoms with Crippen molar-refractivity contribution < 1.29 is 18.0 Å². The van der Waals surface area contributed by atoms with Crippen molar-refractivity contribution in [2.75, 3.05) is 11.9 Å². The molecular weight excluding hydrogens is 385 g/mol. The van der Waals surface area contributed by atoms with Crippen LogP contribution in [0.5, 0.6) is 0 Å². The molecular formula is C19H25F3N6O. The number of fused-ring (bicyclic) bond motifs is 1. The molecule has 3 atom stereocenters. The highest BCUT2D eigenvalue weighted by molar-refractivity contribution is 5.94. The van der Waals surface area contributed by atoms with Crippen LogP contribution in [0, 0.1) is 0 Å². The van der Waals surface area contributed by atoms with Crippen LogP contribution < -0.4 is 5.32 Å². The second kappa shape index (κ2) is 7.38. The zero-order valence-corrected chi connectivity index (χ0v) is 16.5. The van der Waals surface area contributed by atoms with E-state index in [1.165, 1.54) is 6.20 Å². The number of piperidine rings is 1. The Balaban J connectivity index is 1.67. The average molecular weight is 410 g/mol. The van der Waals surface area contributed by atoms with E-state index in [9.17, 15) is 18.0 Å². The molecule has 4 rings (SSSR count). The van der Waals surface area contributed by atoms with Crippen molar-refractivity contribution in [2.24, 2.45) is 7.05 Å². The molecule has 7 nitrogen and oxygen atoms in total. The van der Waals surface area contributed by atoms with Gasteiger partial charge in [0.05, 0.1) is 23.5 Å². The molecule has 0 radical (unpaired) electrons. The SMILES string of the molecule is CC[C@@H]1C[C@H](C(F)(F)F)n2nc([C@@H]3CCCCN3C(=O)c3cnn(C)c3)cc2N1. The molecule has 1 saturated heterocycles. The van der Waals surface area contributed by atoms with E-state index >= 15 is 0 Å². The third-order valence-electron chi connectivity index (χ3n) is 5.84.